The third-order valence-electron chi connectivity index (χ3n) is 8.66. The van der Waals surface area contributed by atoms with Gasteiger partial charge in [-0.05, 0) is 88.7 Å². The molecular formula is C36H33NP2. The van der Waals surface area contributed by atoms with Gasteiger partial charge < -0.3 is 5.32 Å². The van der Waals surface area contributed by atoms with E-state index in [1.54, 1.807) is 11.1 Å². The van der Waals surface area contributed by atoms with Gasteiger partial charge in [0.05, 0.1) is 0 Å². The topological polar surface area (TPSA) is 12.0 Å². The largest absolute Gasteiger partial charge is 0.381 e. The molecule has 0 amide bonds. The van der Waals surface area contributed by atoms with Crippen LogP contribution in [0, 0.1) is 0 Å². The Kier molecular flexibility index (Phi) is 6.60. The van der Waals surface area contributed by atoms with Gasteiger partial charge >= 0.3 is 0 Å². The molecule has 0 saturated carbocycles. The molecule has 39 heavy (non-hydrogen) atoms. The highest BCUT2D eigenvalue weighted by Gasteiger charge is 2.46. The fourth-order valence-electron chi connectivity index (χ4n) is 7.03. The van der Waals surface area contributed by atoms with Gasteiger partial charge in [0.25, 0.3) is 0 Å². The van der Waals surface area contributed by atoms with Gasteiger partial charge in [0, 0.05) is 17.6 Å². The number of hydrogen-bond donors (Lipinski definition) is 1. The minimum Gasteiger partial charge on any atom is -0.381 e. The zero-order valence-electron chi connectivity index (χ0n) is 22.1. The molecule has 0 aromatic heterocycles. The fourth-order valence-corrected chi connectivity index (χ4v) is 10.1. The van der Waals surface area contributed by atoms with E-state index in [0.717, 1.165) is 13.0 Å². The molecule has 0 bridgehead atoms. The predicted octanol–water partition coefficient (Wildman–Crippen LogP) is 6.74. The highest BCUT2D eigenvalue weighted by Crippen LogP contribution is 2.54. The monoisotopic (exact) mass is 541 g/mol. The van der Waals surface area contributed by atoms with Crippen LogP contribution in [0.5, 0.6) is 0 Å². The van der Waals surface area contributed by atoms with Gasteiger partial charge in [0.15, 0.2) is 0 Å². The number of anilines is 1. The molecule has 5 aromatic carbocycles. The molecule has 1 N–H and O–H groups in total. The van der Waals surface area contributed by atoms with E-state index in [1.165, 1.54) is 62.9 Å². The second kappa shape index (κ2) is 10.4. The number of hydrogen-bond acceptors (Lipinski definition) is 1. The minimum atomic E-state index is -0.649. The van der Waals surface area contributed by atoms with Crippen molar-refractivity contribution < 1.29 is 0 Å². The summed E-state index contributed by atoms with van der Waals surface area (Å²) in [5.41, 5.74) is 8.98. The summed E-state index contributed by atoms with van der Waals surface area (Å²) in [7, 11) is 2.38. The Hall–Kier alpha value is -3.24. The highest BCUT2D eigenvalue weighted by atomic mass is 31.1. The van der Waals surface area contributed by atoms with Gasteiger partial charge in [-0.25, -0.2) is 0 Å². The van der Waals surface area contributed by atoms with Crippen LogP contribution in [-0.4, -0.2) is 0 Å². The summed E-state index contributed by atoms with van der Waals surface area (Å²) >= 11 is 0. The van der Waals surface area contributed by atoms with Crippen molar-refractivity contribution in [1.82, 2.24) is 0 Å². The Labute approximate surface area is 235 Å². The summed E-state index contributed by atoms with van der Waals surface area (Å²) in [5.74, 6) is 0. The van der Waals surface area contributed by atoms with Crippen molar-refractivity contribution in [2.45, 2.75) is 37.6 Å². The number of fused-ring (bicyclic) bond motifs is 4. The van der Waals surface area contributed by atoms with Crippen molar-refractivity contribution in [3.05, 3.63) is 149 Å². The Bertz CT molecular complexity index is 1590. The lowest BCUT2D eigenvalue weighted by Gasteiger charge is -2.30. The standard InChI is InChI=1S/C36H33NP2/c38-32-19-10-13-27-22-24-36(35(27)32)23-21-26-12-9-18-31(34(26)36)37-25-28-11-7-8-20-33(28)39(29-14-3-1-4-15-29)30-16-5-2-6-17-30/h1-20,37H,21-25,38H2/t36-/m1/s1. The second-order valence-corrected chi connectivity index (χ2v) is 13.6. The molecule has 2 aliphatic rings. The van der Waals surface area contributed by atoms with Gasteiger partial charge in [-0.2, -0.15) is 0 Å². The average Bonchev–Trinajstić information content (AvgIpc) is 3.56. The lowest BCUT2D eigenvalue weighted by molar-refractivity contribution is 0.510. The van der Waals surface area contributed by atoms with Gasteiger partial charge in [-0.1, -0.05) is 115 Å². The summed E-state index contributed by atoms with van der Waals surface area (Å²) in [4.78, 5) is 0. The maximum atomic E-state index is 3.96. The summed E-state index contributed by atoms with van der Waals surface area (Å²) in [6.07, 6.45) is 4.76. The number of nitrogens with one attached hydrogen (secondary N) is 1. The fraction of sp³-hybridized carbons (Fsp3) is 0.167. The van der Waals surface area contributed by atoms with E-state index >= 15 is 0 Å². The van der Waals surface area contributed by atoms with Crippen LogP contribution in [0.1, 0.15) is 40.7 Å². The van der Waals surface area contributed by atoms with Crippen LogP contribution in [0.15, 0.2) is 121 Å². The van der Waals surface area contributed by atoms with E-state index in [9.17, 15) is 0 Å². The molecule has 1 unspecified atom stereocenters. The summed E-state index contributed by atoms with van der Waals surface area (Å²) in [5, 5.41) is 9.54. The van der Waals surface area contributed by atoms with Gasteiger partial charge in [0.1, 0.15) is 0 Å². The molecule has 0 radical (unpaired) electrons. The minimum absolute atomic E-state index is 0.132. The van der Waals surface area contributed by atoms with E-state index in [0.29, 0.717) is 0 Å². The van der Waals surface area contributed by atoms with Crippen LogP contribution in [-0.2, 0) is 24.8 Å². The maximum absolute atomic E-state index is 3.96. The SMILES string of the molecule is Pc1cccc2c1[C@@]1(CC2)CCc2cccc(NCc3ccccc3P(c3ccccc3)c3ccccc3)c21. The van der Waals surface area contributed by atoms with Crippen molar-refractivity contribution in [3.8, 4) is 0 Å². The Morgan fingerprint density at radius 2 is 1.21 bits per heavy atom. The zero-order chi connectivity index (χ0) is 26.2. The highest BCUT2D eigenvalue weighted by molar-refractivity contribution is 7.79. The summed E-state index contributed by atoms with van der Waals surface area (Å²) in [6, 6.07) is 44.8. The molecule has 2 aliphatic carbocycles. The molecule has 0 aliphatic heterocycles. The van der Waals surface area contributed by atoms with E-state index in [2.05, 4.69) is 136 Å². The summed E-state index contributed by atoms with van der Waals surface area (Å²) in [6.45, 7) is 0.816. The summed E-state index contributed by atoms with van der Waals surface area (Å²) < 4.78 is 0. The van der Waals surface area contributed by atoms with Crippen LogP contribution in [0.4, 0.5) is 5.69 Å². The first-order valence-corrected chi connectivity index (χ1v) is 15.9. The first-order chi connectivity index (χ1) is 19.2. The lowest BCUT2D eigenvalue weighted by atomic mass is 9.76. The number of benzene rings is 5. The normalized spacial score (nSPS) is 17.4. The molecule has 192 valence electrons. The average molecular weight is 542 g/mol. The third kappa shape index (κ3) is 4.34. The van der Waals surface area contributed by atoms with Crippen LogP contribution >= 0.6 is 17.2 Å². The van der Waals surface area contributed by atoms with E-state index in [4.69, 9.17) is 0 Å². The smallest absolute Gasteiger partial charge is 0.0407 e. The predicted molar refractivity (Wildman–Crippen MR) is 172 cm³/mol. The van der Waals surface area contributed by atoms with Gasteiger partial charge in [-0.15, -0.1) is 9.24 Å². The van der Waals surface area contributed by atoms with Crippen LogP contribution in [0.3, 0.4) is 0 Å². The van der Waals surface area contributed by atoms with Crippen molar-refractivity contribution >= 4 is 44.1 Å². The number of rotatable bonds is 6. The quantitative estimate of drug-likeness (QED) is 0.235. The van der Waals surface area contributed by atoms with E-state index in [-0.39, 0.29) is 5.41 Å². The second-order valence-electron chi connectivity index (χ2n) is 10.8. The third-order valence-corrected chi connectivity index (χ3v) is 11.7. The molecule has 1 nitrogen and oxygen atoms in total. The van der Waals surface area contributed by atoms with Crippen LogP contribution < -0.4 is 26.5 Å². The Morgan fingerprint density at radius 3 is 1.90 bits per heavy atom. The Balaban J connectivity index is 1.27. The molecule has 3 heteroatoms. The maximum Gasteiger partial charge on any atom is 0.0407 e. The van der Waals surface area contributed by atoms with Crippen molar-refractivity contribution in [2.75, 3.05) is 5.32 Å². The Morgan fingerprint density at radius 1 is 0.615 bits per heavy atom. The van der Waals surface area contributed by atoms with Gasteiger partial charge in [0.2, 0.25) is 0 Å². The molecule has 0 saturated heterocycles. The number of aryl methyl sites for hydroxylation is 2. The van der Waals surface area contributed by atoms with Crippen molar-refractivity contribution in [3.63, 3.8) is 0 Å². The van der Waals surface area contributed by atoms with E-state index in [1.807, 2.05) is 0 Å². The molecular weight excluding hydrogens is 508 g/mol. The molecule has 1 spiro atoms. The van der Waals surface area contributed by atoms with Gasteiger partial charge in [-0.3, -0.25) is 0 Å². The van der Waals surface area contributed by atoms with E-state index < -0.39 is 7.92 Å². The van der Waals surface area contributed by atoms with Crippen LogP contribution in [0.2, 0.25) is 0 Å². The molecule has 0 fully saturated rings. The van der Waals surface area contributed by atoms with Crippen molar-refractivity contribution in [1.29, 1.82) is 0 Å². The zero-order valence-corrected chi connectivity index (χ0v) is 24.2. The first-order valence-electron chi connectivity index (χ1n) is 14.0. The molecule has 2 atom stereocenters. The molecule has 7 rings (SSSR count). The lowest BCUT2D eigenvalue weighted by Crippen LogP contribution is -2.27. The van der Waals surface area contributed by atoms with Crippen LogP contribution in [0.25, 0.3) is 0 Å². The molecule has 0 heterocycles. The molecule has 5 aromatic rings. The van der Waals surface area contributed by atoms with Crippen molar-refractivity contribution in [2.24, 2.45) is 0 Å². The first kappa shape index (κ1) is 24.8.